The van der Waals surface area contributed by atoms with E-state index in [9.17, 15) is 0 Å². The average molecular weight is 285 g/mol. The fourth-order valence-electron chi connectivity index (χ4n) is 2.71. The van der Waals surface area contributed by atoms with Gasteiger partial charge < -0.3 is 14.5 Å². The van der Waals surface area contributed by atoms with E-state index in [0.717, 1.165) is 13.1 Å². The van der Waals surface area contributed by atoms with Crippen molar-refractivity contribution in [1.82, 2.24) is 9.88 Å². The molecule has 1 N–H and O–H groups in total. The van der Waals surface area contributed by atoms with Crippen molar-refractivity contribution in [2.24, 2.45) is 0 Å². The molecule has 0 saturated heterocycles. The van der Waals surface area contributed by atoms with Crippen LogP contribution in [0, 0.1) is 27.1 Å². The van der Waals surface area contributed by atoms with Crippen molar-refractivity contribution >= 4 is 0 Å². The molecule has 0 unspecified atom stereocenters. The van der Waals surface area contributed by atoms with Crippen molar-refractivity contribution in [3.8, 4) is 5.69 Å². The van der Waals surface area contributed by atoms with Crippen molar-refractivity contribution in [3.63, 3.8) is 0 Å². The van der Waals surface area contributed by atoms with Crippen LogP contribution in [0.25, 0.3) is 5.69 Å². The Balaban J connectivity index is 2.13. The molecule has 0 atom stereocenters. The van der Waals surface area contributed by atoms with E-state index in [1.165, 1.54) is 22.4 Å². The maximum absolute atomic E-state index is 3.50. The summed E-state index contributed by atoms with van der Waals surface area (Å²) in [5, 5.41) is 3.50. The van der Waals surface area contributed by atoms with Gasteiger partial charge in [-0.3, -0.25) is 0 Å². The first-order chi connectivity index (χ1) is 9.76. The Morgan fingerprint density at radius 2 is 1.76 bits per heavy atom. The van der Waals surface area contributed by atoms with Crippen LogP contribution in [0.3, 0.4) is 0 Å². The molecular formula is C18H27N3. The number of aryl methyl sites for hydroxylation is 3. The number of nitrogens with zero attached hydrogens (tertiary/aromatic N) is 2. The summed E-state index contributed by atoms with van der Waals surface area (Å²) in [6.45, 7) is 14.9. The molecule has 0 aliphatic heterocycles. The molecule has 0 radical (unpaired) electrons. The predicted molar refractivity (Wildman–Crippen MR) is 86.8 cm³/mol. The molecule has 2 aromatic rings. The van der Waals surface area contributed by atoms with Crippen LogP contribution in [0.5, 0.6) is 0 Å². The first-order valence-corrected chi connectivity index (χ1v) is 7.60. The Bertz CT molecular complexity index is 595. The van der Waals surface area contributed by atoms with Crippen molar-refractivity contribution < 1.29 is 4.57 Å². The predicted octanol–water partition coefficient (Wildman–Crippen LogP) is 2.88. The number of benzene rings is 1. The molecule has 1 aromatic carbocycles. The van der Waals surface area contributed by atoms with Crippen molar-refractivity contribution in [3.05, 3.63) is 47.5 Å². The summed E-state index contributed by atoms with van der Waals surface area (Å²) in [6, 6.07) is 4.45. The standard InChI is InChI=1S/C18H27N3/c1-14-11-15(2)17(16(3)12-14)21-10-9-20(13-21)8-7-19-18(4,5)6/h9-12,19H,7-8H2,1-6H3. The number of imidazole rings is 1. The van der Waals surface area contributed by atoms with Crippen LogP contribution < -0.4 is 9.88 Å². The lowest BCUT2D eigenvalue weighted by Crippen LogP contribution is -2.44. The van der Waals surface area contributed by atoms with Crippen LogP contribution in [0.4, 0.5) is 0 Å². The number of nitrogens with one attached hydrogen (secondary N) is 1. The van der Waals surface area contributed by atoms with E-state index >= 15 is 0 Å². The van der Waals surface area contributed by atoms with Crippen molar-refractivity contribution in [2.75, 3.05) is 6.54 Å². The van der Waals surface area contributed by atoms with Crippen LogP contribution in [0.15, 0.2) is 24.5 Å². The first-order valence-electron chi connectivity index (χ1n) is 7.60. The third-order valence-corrected chi connectivity index (χ3v) is 3.52. The largest absolute Gasteiger partial charge is 0.326 e. The lowest BCUT2D eigenvalue weighted by atomic mass is 10.1. The minimum Gasteiger partial charge on any atom is -0.326 e. The summed E-state index contributed by atoms with van der Waals surface area (Å²) in [5.41, 5.74) is 5.29. The van der Waals surface area contributed by atoms with Crippen LogP contribution >= 0.6 is 0 Å². The molecule has 0 amide bonds. The summed E-state index contributed by atoms with van der Waals surface area (Å²) in [7, 11) is 0. The van der Waals surface area contributed by atoms with Gasteiger partial charge in [0.25, 0.3) is 0 Å². The highest BCUT2D eigenvalue weighted by Crippen LogP contribution is 2.19. The van der Waals surface area contributed by atoms with Gasteiger partial charge in [0.1, 0.15) is 0 Å². The van der Waals surface area contributed by atoms with Gasteiger partial charge in [0.15, 0.2) is 0 Å². The smallest absolute Gasteiger partial charge is 0.243 e. The molecule has 3 heteroatoms. The maximum atomic E-state index is 3.50. The van der Waals surface area contributed by atoms with Gasteiger partial charge in [-0.2, -0.15) is 0 Å². The average Bonchev–Trinajstić information content (AvgIpc) is 2.74. The molecule has 1 heterocycles. The van der Waals surface area contributed by atoms with Crippen LogP contribution in [-0.2, 0) is 6.54 Å². The van der Waals surface area contributed by atoms with E-state index in [0.29, 0.717) is 0 Å². The fraction of sp³-hybridized carbons (Fsp3) is 0.500. The second-order valence-corrected chi connectivity index (χ2v) is 6.89. The van der Waals surface area contributed by atoms with Crippen LogP contribution in [0.1, 0.15) is 37.5 Å². The Kier molecular flexibility index (Phi) is 4.52. The molecule has 0 fully saturated rings. The lowest BCUT2D eigenvalue weighted by molar-refractivity contribution is -0.698. The monoisotopic (exact) mass is 285 g/mol. The Labute approximate surface area is 128 Å². The summed E-state index contributed by atoms with van der Waals surface area (Å²) in [5.74, 6) is 0. The molecule has 21 heavy (non-hydrogen) atoms. The highest BCUT2D eigenvalue weighted by Gasteiger charge is 2.09. The van der Waals surface area contributed by atoms with Crippen LogP contribution in [0.2, 0.25) is 0 Å². The highest BCUT2D eigenvalue weighted by atomic mass is 15.1. The minimum atomic E-state index is 0.160. The molecule has 0 saturated carbocycles. The second-order valence-electron chi connectivity index (χ2n) is 6.89. The summed E-state index contributed by atoms with van der Waals surface area (Å²) < 4.78 is 4.21. The normalized spacial score (nSPS) is 11.9. The molecular weight excluding hydrogens is 258 g/mol. The van der Waals surface area contributed by atoms with Gasteiger partial charge in [-0.05, 0) is 52.7 Å². The SMILES string of the molecule is Cc1cc(C)c(-n2[c-][n+](CCNC(C)(C)C)cc2)c(C)c1. The van der Waals surface area contributed by atoms with E-state index in [-0.39, 0.29) is 5.54 Å². The third kappa shape index (κ3) is 4.18. The molecule has 3 nitrogen and oxygen atoms in total. The lowest BCUT2D eigenvalue weighted by Gasteiger charge is -2.19. The molecule has 0 aliphatic rings. The maximum Gasteiger partial charge on any atom is 0.243 e. The zero-order valence-electron chi connectivity index (χ0n) is 14.1. The van der Waals surface area contributed by atoms with Gasteiger partial charge in [0.05, 0.1) is 12.2 Å². The molecule has 0 spiro atoms. The first kappa shape index (κ1) is 15.8. The number of rotatable bonds is 4. The van der Waals surface area contributed by atoms with E-state index < -0.39 is 0 Å². The van der Waals surface area contributed by atoms with Crippen molar-refractivity contribution in [2.45, 2.75) is 53.6 Å². The van der Waals surface area contributed by atoms with Gasteiger partial charge in [-0.25, -0.2) is 0 Å². The van der Waals surface area contributed by atoms with E-state index in [1.54, 1.807) is 0 Å². The fourth-order valence-corrected chi connectivity index (χ4v) is 2.71. The van der Waals surface area contributed by atoms with Crippen LogP contribution in [-0.4, -0.2) is 16.7 Å². The molecule has 0 bridgehead atoms. The Morgan fingerprint density at radius 1 is 1.14 bits per heavy atom. The number of hydrogen-bond donors (Lipinski definition) is 1. The highest BCUT2D eigenvalue weighted by molar-refractivity contribution is 5.48. The summed E-state index contributed by atoms with van der Waals surface area (Å²) in [4.78, 5) is 0. The zero-order chi connectivity index (χ0) is 15.6. The Hall–Kier alpha value is -1.61. The second kappa shape index (κ2) is 6.02. The molecule has 1 aromatic heterocycles. The van der Waals surface area contributed by atoms with Gasteiger partial charge in [0, 0.05) is 24.5 Å². The summed E-state index contributed by atoms with van der Waals surface area (Å²) >= 11 is 0. The van der Waals surface area contributed by atoms with Gasteiger partial charge in [0.2, 0.25) is 6.33 Å². The summed E-state index contributed by atoms with van der Waals surface area (Å²) in [6.07, 6.45) is 7.58. The molecule has 2 rings (SSSR count). The zero-order valence-corrected chi connectivity index (χ0v) is 14.1. The number of aromatic nitrogens is 2. The molecule has 114 valence electrons. The minimum absolute atomic E-state index is 0.160. The Morgan fingerprint density at radius 3 is 2.33 bits per heavy atom. The van der Waals surface area contributed by atoms with E-state index in [2.05, 4.69) is 86.8 Å². The van der Waals surface area contributed by atoms with E-state index in [4.69, 9.17) is 0 Å². The quantitative estimate of drug-likeness (QED) is 0.677. The van der Waals surface area contributed by atoms with Gasteiger partial charge in [-0.15, -0.1) is 0 Å². The van der Waals surface area contributed by atoms with Gasteiger partial charge >= 0.3 is 0 Å². The topological polar surface area (TPSA) is 20.8 Å². The third-order valence-electron chi connectivity index (χ3n) is 3.52. The van der Waals surface area contributed by atoms with E-state index in [1.807, 2.05) is 0 Å². The van der Waals surface area contributed by atoms with Crippen molar-refractivity contribution in [1.29, 1.82) is 0 Å². The van der Waals surface area contributed by atoms with Gasteiger partial charge in [-0.1, -0.05) is 17.7 Å². The molecule has 0 aliphatic carbocycles. The number of hydrogen-bond acceptors (Lipinski definition) is 1.